The molecule has 1 aliphatic rings. The van der Waals surface area contributed by atoms with E-state index >= 15 is 0 Å². The minimum Gasteiger partial charge on any atom is -0.381 e. The first-order valence-electron chi connectivity index (χ1n) is 3.00. The molecule has 8 heavy (non-hydrogen) atoms. The van der Waals surface area contributed by atoms with Crippen LogP contribution in [0.5, 0.6) is 0 Å². The summed E-state index contributed by atoms with van der Waals surface area (Å²) in [5, 5.41) is 0. The summed E-state index contributed by atoms with van der Waals surface area (Å²) in [6, 6.07) is 0. The van der Waals surface area contributed by atoms with E-state index in [1.54, 1.807) is 7.11 Å². The summed E-state index contributed by atoms with van der Waals surface area (Å²) in [5.41, 5.74) is 0. The molecule has 0 aromatic heterocycles. The highest BCUT2D eigenvalue weighted by Gasteiger charge is 2.21. The van der Waals surface area contributed by atoms with Crippen molar-refractivity contribution in [2.24, 2.45) is 0 Å². The van der Waals surface area contributed by atoms with Gasteiger partial charge in [0.25, 0.3) is 0 Å². The molecule has 0 spiro atoms. The third-order valence-corrected chi connectivity index (χ3v) is 2.49. The lowest BCUT2D eigenvalue weighted by Gasteiger charge is -2.03. The lowest BCUT2D eigenvalue weighted by molar-refractivity contribution is 0.109. The van der Waals surface area contributed by atoms with Crippen LogP contribution in [-0.4, -0.2) is 18.0 Å². The zero-order valence-electron chi connectivity index (χ0n) is 5.06. The minimum atomic E-state index is 0.527. The summed E-state index contributed by atoms with van der Waals surface area (Å²) >= 11 is 3.54. The Bertz CT molecular complexity index is 74.9. The van der Waals surface area contributed by atoms with Crippen LogP contribution < -0.4 is 0 Å². The van der Waals surface area contributed by atoms with Gasteiger partial charge in [-0.05, 0) is 19.3 Å². The highest BCUT2D eigenvalue weighted by molar-refractivity contribution is 9.09. The number of ether oxygens (including phenoxy) is 1. The van der Waals surface area contributed by atoms with Gasteiger partial charge in [-0.2, -0.15) is 0 Å². The van der Waals surface area contributed by atoms with Crippen LogP contribution in [0.25, 0.3) is 0 Å². The van der Waals surface area contributed by atoms with Crippen molar-refractivity contribution in [1.82, 2.24) is 0 Å². The van der Waals surface area contributed by atoms with E-state index in [1.807, 2.05) is 0 Å². The SMILES string of the molecule is COC1CCC(Br)C1. The molecule has 1 nitrogen and oxygen atoms in total. The Balaban J connectivity index is 2.22. The zero-order chi connectivity index (χ0) is 5.98. The number of alkyl halides is 1. The van der Waals surface area contributed by atoms with Crippen LogP contribution in [0.1, 0.15) is 19.3 Å². The van der Waals surface area contributed by atoms with Gasteiger partial charge in [0.15, 0.2) is 0 Å². The maximum atomic E-state index is 5.15. The molecule has 0 saturated heterocycles. The smallest absolute Gasteiger partial charge is 0.0582 e. The molecule has 0 N–H and O–H groups in total. The largest absolute Gasteiger partial charge is 0.381 e. The van der Waals surface area contributed by atoms with Crippen LogP contribution >= 0.6 is 15.9 Å². The highest BCUT2D eigenvalue weighted by Crippen LogP contribution is 2.26. The fourth-order valence-corrected chi connectivity index (χ4v) is 1.78. The van der Waals surface area contributed by atoms with Gasteiger partial charge in [0.1, 0.15) is 0 Å². The van der Waals surface area contributed by atoms with E-state index in [-0.39, 0.29) is 0 Å². The lowest BCUT2D eigenvalue weighted by Crippen LogP contribution is -2.03. The van der Waals surface area contributed by atoms with E-state index in [2.05, 4.69) is 15.9 Å². The molecular formula is C6H11BrO. The van der Waals surface area contributed by atoms with Crippen molar-refractivity contribution in [3.05, 3.63) is 0 Å². The molecular weight excluding hydrogens is 168 g/mol. The molecule has 0 bridgehead atoms. The third-order valence-electron chi connectivity index (χ3n) is 1.65. The van der Waals surface area contributed by atoms with Gasteiger partial charge in [0.05, 0.1) is 6.10 Å². The predicted molar refractivity (Wildman–Crippen MR) is 37.4 cm³/mol. The average molecular weight is 179 g/mol. The lowest BCUT2D eigenvalue weighted by atomic mass is 10.3. The molecule has 0 radical (unpaired) electrons. The van der Waals surface area contributed by atoms with Crippen LogP contribution in [-0.2, 0) is 4.74 Å². The number of halogens is 1. The van der Waals surface area contributed by atoms with E-state index in [0.29, 0.717) is 10.9 Å². The number of hydrogen-bond acceptors (Lipinski definition) is 1. The highest BCUT2D eigenvalue weighted by atomic mass is 79.9. The van der Waals surface area contributed by atoms with Crippen LogP contribution in [0.4, 0.5) is 0 Å². The molecule has 2 atom stereocenters. The molecule has 0 aliphatic heterocycles. The minimum absolute atomic E-state index is 0.527. The average Bonchev–Trinajstić information content (AvgIpc) is 2.14. The summed E-state index contributed by atoms with van der Waals surface area (Å²) in [7, 11) is 1.79. The molecule has 1 aliphatic carbocycles. The molecule has 0 aromatic carbocycles. The van der Waals surface area contributed by atoms with Crippen molar-refractivity contribution in [3.8, 4) is 0 Å². The number of methoxy groups -OCH3 is 1. The van der Waals surface area contributed by atoms with E-state index in [4.69, 9.17) is 4.74 Å². The van der Waals surface area contributed by atoms with Crippen molar-refractivity contribution in [1.29, 1.82) is 0 Å². The summed E-state index contributed by atoms with van der Waals surface area (Å²) in [4.78, 5) is 0.715. The summed E-state index contributed by atoms with van der Waals surface area (Å²) in [5.74, 6) is 0. The molecule has 0 aromatic rings. The maximum Gasteiger partial charge on any atom is 0.0582 e. The third kappa shape index (κ3) is 1.46. The van der Waals surface area contributed by atoms with Gasteiger partial charge in [-0.25, -0.2) is 0 Å². The Morgan fingerprint density at radius 2 is 2.25 bits per heavy atom. The molecule has 48 valence electrons. The van der Waals surface area contributed by atoms with Crippen LogP contribution in [0.15, 0.2) is 0 Å². The van der Waals surface area contributed by atoms with Gasteiger partial charge in [0, 0.05) is 11.9 Å². The monoisotopic (exact) mass is 178 g/mol. The first kappa shape index (κ1) is 6.56. The van der Waals surface area contributed by atoms with Crippen molar-refractivity contribution in [3.63, 3.8) is 0 Å². The van der Waals surface area contributed by atoms with Crippen molar-refractivity contribution < 1.29 is 4.74 Å². The van der Waals surface area contributed by atoms with E-state index < -0.39 is 0 Å². The maximum absolute atomic E-state index is 5.15. The normalized spacial score (nSPS) is 38.2. The van der Waals surface area contributed by atoms with Gasteiger partial charge < -0.3 is 4.74 Å². The van der Waals surface area contributed by atoms with Crippen molar-refractivity contribution in [2.45, 2.75) is 30.2 Å². The Kier molecular flexibility index (Phi) is 2.32. The van der Waals surface area contributed by atoms with Crippen molar-refractivity contribution >= 4 is 15.9 Å². The van der Waals surface area contributed by atoms with Gasteiger partial charge in [-0.1, -0.05) is 15.9 Å². The predicted octanol–water partition coefficient (Wildman–Crippen LogP) is 1.95. The number of hydrogen-bond donors (Lipinski definition) is 0. The molecule has 0 heterocycles. The van der Waals surface area contributed by atoms with Gasteiger partial charge in [0.2, 0.25) is 0 Å². The molecule has 2 heteroatoms. The van der Waals surface area contributed by atoms with E-state index in [0.717, 1.165) is 0 Å². The Labute approximate surface area is 58.5 Å². The second kappa shape index (κ2) is 2.83. The Morgan fingerprint density at radius 3 is 2.50 bits per heavy atom. The summed E-state index contributed by atoms with van der Waals surface area (Å²) < 4.78 is 5.15. The molecule has 1 saturated carbocycles. The van der Waals surface area contributed by atoms with Crippen LogP contribution in [0, 0.1) is 0 Å². The van der Waals surface area contributed by atoms with Crippen LogP contribution in [0.2, 0.25) is 0 Å². The van der Waals surface area contributed by atoms with Gasteiger partial charge >= 0.3 is 0 Å². The summed E-state index contributed by atoms with van der Waals surface area (Å²) in [6.07, 6.45) is 4.22. The number of rotatable bonds is 1. The Morgan fingerprint density at radius 1 is 1.50 bits per heavy atom. The first-order valence-corrected chi connectivity index (χ1v) is 3.91. The first-order chi connectivity index (χ1) is 3.83. The fourth-order valence-electron chi connectivity index (χ4n) is 1.10. The zero-order valence-corrected chi connectivity index (χ0v) is 6.65. The second-order valence-corrected chi connectivity index (χ2v) is 3.56. The van der Waals surface area contributed by atoms with Gasteiger partial charge in [-0.3, -0.25) is 0 Å². The molecule has 1 rings (SSSR count). The quantitative estimate of drug-likeness (QED) is 0.559. The molecule has 1 fully saturated rings. The molecule has 0 amide bonds. The van der Waals surface area contributed by atoms with Gasteiger partial charge in [-0.15, -0.1) is 0 Å². The standard InChI is InChI=1S/C6H11BrO/c1-8-6-3-2-5(7)4-6/h5-6H,2-4H2,1H3. The summed E-state index contributed by atoms with van der Waals surface area (Å²) in [6.45, 7) is 0. The second-order valence-electron chi connectivity index (χ2n) is 2.27. The topological polar surface area (TPSA) is 9.23 Å². The van der Waals surface area contributed by atoms with E-state index in [1.165, 1.54) is 19.3 Å². The molecule has 2 unspecified atom stereocenters. The van der Waals surface area contributed by atoms with Crippen molar-refractivity contribution in [2.75, 3.05) is 7.11 Å². The van der Waals surface area contributed by atoms with E-state index in [9.17, 15) is 0 Å². The Hall–Kier alpha value is 0.440. The van der Waals surface area contributed by atoms with Crippen LogP contribution in [0.3, 0.4) is 0 Å². The fraction of sp³-hybridized carbons (Fsp3) is 1.00.